The Hall–Kier alpha value is -1.16. The fraction of sp³-hybridized carbons (Fsp3) is 0.714. The number of carbonyl (C=O) groups excluding carboxylic acids is 2. The van der Waals surface area contributed by atoms with Gasteiger partial charge < -0.3 is 5.32 Å². The van der Waals surface area contributed by atoms with Crippen molar-refractivity contribution in [2.24, 2.45) is 23.2 Å². The van der Waals surface area contributed by atoms with Gasteiger partial charge in [-0.3, -0.25) is 9.59 Å². The first-order valence-electron chi connectivity index (χ1n) is 9.90. The summed E-state index contributed by atoms with van der Waals surface area (Å²) in [4.78, 5) is 25.2. The lowest BCUT2D eigenvalue weighted by Gasteiger charge is -2.59. The molecule has 4 bridgehead atoms. The molecule has 3 nitrogen and oxygen atoms in total. The minimum atomic E-state index is 0.127. The topological polar surface area (TPSA) is 46.2 Å². The molecule has 0 saturated heterocycles. The van der Waals surface area contributed by atoms with Crippen molar-refractivity contribution in [2.45, 2.75) is 70.8 Å². The molecule has 4 saturated carbocycles. The van der Waals surface area contributed by atoms with E-state index in [0.717, 1.165) is 22.6 Å². The van der Waals surface area contributed by atoms with Crippen LogP contribution in [0.15, 0.2) is 17.5 Å². The molecule has 0 aromatic carbocycles. The third-order valence-electron chi connectivity index (χ3n) is 6.99. The zero-order valence-corrected chi connectivity index (χ0v) is 15.9. The maximum Gasteiger partial charge on any atom is 0.220 e. The van der Waals surface area contributed by atoms with Crippen molar-refractivity contribution in [1.29, 1.82) is 0 Å². The molecule has 1 amide bonds. The zero-order valence-electron chi connectivity index (χ0n) is 15.1. The first kappa shape index (κ1) is 17.3. The van der Waals surface area contributed by atoms with Gasteiger partial charge in [0.05, 0.1) is 4.88 Å². The molecule has 1 aromatic rings. The number of Topliss-reactive ketones (excluding diaryl/α,β-unsaturated/α-hetero) is 1. The Labute approximate surface area is 154 Å². The number of carbonyl (C=O) groups is 2. The van der Waals surface area contributed by atoms with E-state index in [0.29, 0.717) is 24.7 Å². The highest BCUT2D eigenvalue weighted by Crippen LogP contribution is 2.61. The number of thiophene rings is 1. The van der Waals surface area contributed by atoms with Gasteiger partial charge in [-0.25, -0.2) is 0 Å². The number of nitrogens with one attached hydrogen (secondary N) is 1. The number of hydrogen-bond donors (Lipinski definition) is 1. The monoisotopic (exact) mass is 359 g/mol. The Morgan fingerprint density at radius 1 is 1.16 bits per heavy atom. The van der Waals surface area contributed by atoms with Gasteiger partial charge >= 0.3 is 0 Å². The van der Waals surface area contributed by atoms with E-state index in [2.05, 4.69) is 12.2 Å². The molecule has 0 radical (unpaired) electrons. The van der Waals surface area contributed by atoms with Gasteiger partial charge in [-0.05, 0) is 86.5 Å². The summed E-state index contributed by atoms with van der Waals surface area (Å²) >= 11 is 1.48. The van der Waals surface area contributed by atoms with Crippen molar-refractivity contribution in [3.8, 4) is 0 Å². The predicted octanol–water partition coefficient (Wildman–Crippen LogP) is 4.82. The van der Waals surface area contributed by atoms with Crippen LogP contribution in [0, 0.1) is 23.2 Å². The second-order valence-corrected chi connectivity index (χ2v) is 9.77. The summed E-state index contributed by atoms with van der Waals surface area (Å²) in [7, 11) is 0. The predicted molar refractivity (Wildman–Crippen MR) is 101 cm³/mol. The van der Waals surface area contributed by atoms with Gasteiger partial charge in [-0.15, -0.1) is 11.3 Å². The first-order chi connectivity index (χ1) is 12.0. The van der Waals surface area contributed by atoms with Crippen LogP contribution in [-0.2, 0) is 4.79 Å². The van der Waals surface area contributed by atoms with Gasteiger partial charge in [0.1, 0.15) is 0 Å². The molecule has 25 heavy (non-hydrogen) atoms. The Morgan fingerprint density at radius 3 is 2.36 bits per heavy atom. The summed E-state index contributed by atoms with van der Waals surface area (Å²) in [6.45, 7) is 2.22. The van der Waals surface area contributed by atoms with Crippen LogP contribution in [0.3, 0.4) is 0 Å². The highest BCUT2D eigenvalue weighted by Gasteiger charge is 2.53. The van der Waals surface area contributed by atoms with E-state index in [1.54, 1.807) is 0 Å². The fourth-order valence-corrected chi connectivity index (χ4v) is 6.84. The summed E-state index contributed by atoms with van der Waals surface area (Å²) in [5.41, 5.74) is 0.358. The lowest BCUT2D eigenvalue weighted by Crippen LogP contribution is -2.55. The van der Waals surface area contributed by atoms with E-state index in [4.69, 9.17) is 0 Å². The number of hydrogen-bond acceptors (Lipinski definition) is 3. The summed E-state index contributed by atoms with van der Waals surface area (Å²) in [5.74, 6) is 3.02. The lowest BCUT2D eigenvalue weighted by molar-refractivity contribution is -0.126. The molecule has 1 aromatic heterocycles. The average molecular weight is 360 g/mol. The molecular weight excluding hydrogens is 330 g/mol. The molecule has 4 heteroatoms. The van der Waals surface area contributed by atoms with Crippen LogP contribution in [0.25, 0.3) is 0 Å². The molecule has 0 spiro atoms. The summed E-state index contributed by atoms with van der Waals surface area (Å²) in [6.07, 6.45) is 9.84. The maximum atomic E-state index is 12.4. The Morgan fingerprint density at radius 2 is 1.80 bits per heavy atom. The third-order valence-corrected chi connectivity index (χ3v) is 7.90. The van der Waals surface area contributed by atoms with E-state index in [9.17, 15) is 9.59 Å². The van der Waals surface area contributed by atoms with Crippen LogP contribution in [0.5, 0.6) is 0 Å². The highest BCUT2D eigenvalue weighted by molar-refractivity contribution is 7.12. The summed E-state index contributed by atoms with van der Waals surface area (Å²) in [5, 5.41) is 5.22. The Balaban J connectivity index is 1.26. The first-order valence-corrected chi connectivity index (χ1v) is 10.8. The van der Waals surface area contributed by atoms with Gasteiger partial charge in [0.2, 0.25) is 5.91 Å². The molecule has 1 N–H and O–H groups in total. The number of rotatable bonds is 7. The quantitative estimate of drug-likeness (QED) is 0.709. The summed E-state index contributed by atoms with van der Waals surface area (Å²) < 4.78 is 0. The van der Waals surface area contributed by atoms with Crippen LogP contribution >= 0.6 is 11.3 Å². The molecule has 136 valence electrons. The van der Waals surface area contributed by atoms with E-state index in [1.165, 1.54) is 49.9 Å². The lowest BCUT2D eigenvalue weighted by atomic mass is 9.48. The van der Waals surface area contributed by atoms with Crippen LogP contribution in [-0.4, -0.2) is 17.7 Å². The van der Waals surface area contributed by atoms with E-state index in [-0.39, 0.29) is 17.7 Å². The number of amides is 1. The number of ketones is 1. The van der Waals surface area contributed by atoms with Crippen molar-refractivity contribution in [2.75, 3.05) is 0 Å². The van der Waals surface area contributed by atoms with Crippen molar-refractivity contribution < 1.29 is 9.59 Å². The molecule has 0 unspecified atom stereocenters. The molecule has 4 aliphatic carbocycles. The summed E-state index contributed by atoms with van der Waals surface area (Å²) in [6, 6.07) is 4.04. The van der Waals surface area contributed by atoms with E-state index < -0.39 is 0 Å². The van der Waals surface area contributed by atoms with Gasteiger partial charge in [0.15, 0.2) is 5.78 Å². The largest absolute Gasteiger partial charge is 0.353 e. The minimum Gasteiger partial charge on any atom is -0.353 e. The molecule has 5 rings (SSSR count). The van der Waals surface area contributed by atoms with Gasteiger partial charge in [-0.2, -0.15) is 0 Å². The van der Waals surface area contributed by atoms with Gasteiger partial charge in [0, 0.05) is 18.9 Å². The van der Waals surface area contributed by atoms with Gasteiger partial charge in [-0.1, -0.05) is 6.07 Å². The van der Waals surface area contributed by atoms with Crippen LogP contribution in [0.1, 0.15) is 74.4 Å². The van der Waals surface area contributed by atoms with Crippen molar-refractivity contribution in [3.05, 3.63) is 22.4 Å². The SMILES string of the molecule is C[C@H](NC(=O)CCCC(=O)c1cccs1)C12CC3CC(CC(C3)C1)C2. The minimum absolute atomic E-state index is 0.127. The second kappa shape index (κ2) is 6.86. The van der Waals surface area contributed by atoms with Crippen molar-refractivity contribution in [3.63, 3.8) is 0 Å². The molecular formula is C21H29NO2S. The third kappa shape index (κ3) is 3.55. The fourth-order valence-electron chi connectivity index (χ4n) is 6.14. The second-order valence-electron chi connectivity index (χ2n) is 8.82. The zero-order chi connectivity index (χ0) is 17.4. The molecule has 4 fully saturated rings. The highest BCUT2D eigenvalue weighted by atomic mass is 32.1. The van der Waals surface area contributed by atoms with Crippen molar-refractivity contribution in [1.82, 2.24) is 5.32 Å². The maximum absolute atomic E-state index is 12.4. The van der Waals surface area contributed by atoms with E-state index >= 15 is 0 Å². The Bertz CT molecular complexity index is 601. The van der Waals surface area contributed by atoms with Gasteiger partial charge in [0.25, 0.3) is 0 Å². The van der Waals surface area contributed by atoms with E-state index in [1.807, 2.05) is 17.5 Å². The molecule has 4 aliphatic rings. The van der Waals surface area contributed by atoms with Crippen molar-refractivity contribution >= 4 is 23.0 Å². The van der Waals surface area contributed by atoms with Crippen LogP contribution in [0.4, 0.5) is 0 Å². The molecule has 0 aliphatic heterocycles. The standard InChI is InChI=1S/C21H29NO2S/c1-14(21-11-15-8-16(12-21)10-17(9-15)13-21)22-20(24)6-2-4-18(23)19-5-3-7-25-19/h3,5,7,14-17H,2,4,6,8-13H2,1H3,(H,22,24)/t14-,15?,16?,17?,21?/m0/s1. The van der Waals surface area contributed by atoms with Crippen LogP contribution < -0.4 is 5.32 Å². The Kier molecular flexibility index (Phi) is 4.74. The van der Waals surface area contributed by atoms with Crippen LogP contribution in [0.2, 0.25) is 0 Å². The molecule has 1 atom stereocenters. The average Bonchev–Trinajstić information content (AvgIpc) is 3.08. The smallest absolute Gasteiger partial charge is 0.220 e. The normalized spacial score (nSPS) is 34.0. The molecule has 1 heterocycles.